The molecule has 0 aromatic heterocycles. The number of carbonyl (C=O) groups excluding carboxylic acids is 2. The van der Waals surface area contributed by atoms with Gasteiger partial charge in [-0.05, 0) is 48.0 Å². The van der Waals surface area contributed by atoms with E-state index in [-0.39, 0.29) is 12.4 Å². The molecule has 2 aromatic carbocycles. The highest BCUT2D eigenvalue weighted by Gasteiger charge is 2.29. The molecule has 0 aliphatic carbocycles. The fraction of sp³-hybridized carbons (Fsp3) is 0.158. The van der Waals surface area contributed by atoms with Gasteiger partial charge in [-0.1, -0.05) is 18.2 Å². The van der Waals surface area contributed by atoms with Crippen LogP contribution >= 0.6 is 0 Å². The van der Waals surface area contributed by atoms with Gasteiger partial charge in [0.2, 0.25) is 0 Å². The van der Waals surface area contributed by atoms with Gasteiger partial charge in [-0.2, -0.15) is 13.2 Å². The number of allylic oxidation sites excluding steroid dienone is 1. The van der Waals surface area contributed by atoms with Crippen molar-refractivity contribution in [2.24, 2.45) is 0 Å². The average Bonchev–Trinajstić information content (AvgIpc) is 2.64. The minimum Gasteiger partial charge on any atom is -0.482 e. The molecule has 136 valence electrons. The zero-order valence-corrected chi connectivity index (χ0v) is 13.7. The van der Waals surface area contributed by atoms with Crippen molar-refractivity contribution in [2.45, 2.75) is 6.18 Å². The number of ether oxygens (including phenoxy) is 2. The molecule has 0 bridgehead atoms. The Labute approximate surface area is 147 Å². The normalized spacial score (nSPS) is 11.4. The monoisotopic (exact) mass is 364 g/mol. The van der Waals surface area contributed by atoms with Gasteiger partial charge in [0.1, 0.15) is 5.75 Å². The Balaban J connectivity index is 1.98. The summed E-state index contributed by atoms with van der Waals surface area (Å²) in [5.41, 5.74) is 0.103. The Morgan fingerprint density at radius 2 is 1.62 bits per heavy atom. The number of benzene rings is 2. The number of halogens is 3. The lowest BCUT2D eigenvalue weighted by atomic mass is 10.1. The third kappa shape index (κ3) is 5.47. The van der Waals surface area contributed by atoms with Crippen LogP contribution in [0.1, 0.15) is 21.5 Å². The molecule has 0 N–H and O–H groups in total. The zero-order valence-electron chi connectivity index (χ0n) is 13.7. The summed E-state index contributed by atoms with van der Waals surface area (Å²) in [6, 6.07) is 10.6. The van der Waals surface area contributed by atoms with Gasteiger partial charge in [0.25, 0.3) is 0 Å². The highest BCUT2D eigenvalue weighted by Crippen LogP contribution is 2.29. The number of rotatable bonds is 6. The van der Waals surface area contributed by atoms with Crippen molar-refractivity contribution < 1.29 is 32.2 Å². The smallest absolute Gasteiger partial charge is 0.416 e. The quantitative estimate of drug-likeness (QED) is 0.439. The molecule has 0 aliphatic heterocycles. The van der Waals surface area contributed by atoms with Crippen molar-refractivity contribution >= 4 is 17.8 Å². The van der Waals surface area contributed by atoms with Gasteiger partial charge >= 0.3 is 12.1 Å². The SMILES string of the molecule is COC(=O)COc1ccc(C(=O)C=Cc2ccc(C(F)(F)F)cc2)cc1. The summed E-state index contributed by atoms with van der Waals surface area (Å²) >= 11 is 0. The van der Waals surface area contributed by atoms with Crippen LogP contribution in [0.4, 0.5) is 13.2 Å². The van der Waals surface area contributed by atoms with E-state index in [1.807, 2.05) is 0 Å². The van der Waals surface area contributed by atoms with Crippen molar-refractivity contribution in [3.05, 3.63) is 71.3 Å². The number of alkyl halides is 3. The molecule has 0 spiro atoms. The van der Waals surface area contributed by atoms with E-state index >= 15 is 0 Å². The minimum absolute atomic E-state index is 0.238. The molecule has 0 radical (unpaired) electrons. The second-order valence-corrected chi connectivity index (χ2v) is 5.21. The molecule has 0 fully saturated rings. The first-order valence-electron chi connectivity index (χ1n) is 7.49. The largest absolute Gasteiger partial charge is 0.482 e. The van der Waals surface area contributed by atoms with E-state index in [2.05, 4.69) is 4.74 Å². The molecule has 26 heavy (non-hydrogen) atoms. The summed E-state index contributed by atoms with van der Waals surface area (Å²) < 4.78 is 47.1. The molecular formula is C19H15F3O4. The molecule has 0 saturated carbocycles. The van der Waals surface area contributed by atoms with Crippen molar-refractivity contribution in [3.63, 3.8) is 0 Å². The summed E-state index contributed by atoms with van der Waals surface area (Å²) in [6.07, 6.45) is -1.69. The number of ketones is 1. The van der Waals surface area contributed by atoms with Crippen LogP contribution in [0.2, 0.25) is 0 Å². The Kier molecular flexibility index (Phi) is 6.16. The Bertz CT molecular complexity index is 791. The van der Waals surface area contributed by atoms with E-state index in [1.54, 1.807) is 0 Å². The summed E-state index contributed by atoms with van der Waals surface area (Å²) in [6.45, 7) is -0.238. The van der Waals surface area contributed by atoms with Crippen LogP contribution in [-0.4, -0.2) is 25.5 Å². The first-order chi connectivity index (χ1) is 12.3. The highest BCUT2D eigenvalue weighted by molar-refractivity contribution is 6.06. The molecule has 2 aromatic rings. The fourth-order valence-electron chi connectivity index (χ4n) is 1.97. The second kappa shape index (κ2) is 8.33. The molecule has 0 saturated heterocycles. The molecule has 0 amide bonds. The third-order valence-corrected chi connectivity index (χ3v) is 3.39. The van der Waals surface area contributed by atoms with E-state index in [9.17, 15) is 22.8 Å². The van der Waals surface area contributed by atoms with E-state index < -0.39 is 17.7 Å². The van der Waals surface area contributed by atoms with Crippen LogP contribution in [0, 0.1) is 0 Å². The van der Waals surface area contributed by atoms with Gasteiger partial charge in [-0.25, -0.2) is 4.79 Å². The Morgan fingerprint density at radius 3 is 2.15 bits per heavy atom. The number of hydrogen-bond donors (Lipinski definition) is 0. The van der Waals surface area contributed by atoms with Gasteiger partial charge in [0.15, 0.2) is 12.4 Å². The summed E-state index contributed by atoms with van der Waals surface area (Å²) in [5, 5.41) is 0. The van der Waals surface area contributed by atoms with E-state index in [4.69, 9.17) is 4.74 Å². The van der Waals surface area contributed by atoms with E-state index in [1.165, 1.54) is 55.7 Å². The Morgan fingerprint density at radius 1 is 1.00 bits per heavy atom. The molecule has 0 unspecified atom stereocenters. The third-order valence-electron chi connectivity index (χ3n) is 3.39. The highest BCUT2D eigenvalue weighted by atomic mass is 19.4. The van der Waals surface area contributed by atoms with Crippen LogP contribution < -0.4 is 4.74 Å². The second-order valence-electron chi connectivity index (χ2n) is 5.21. The van der Waals surface area contributed by atoms with Crippen molar-refractivity contribution in [3.8, 4) is 5.75 Å². The van der Waals surface area contributed by atoms with E-state index in [0.29, 0.717) is 16.9 Å². The lowest BCUT2D eigenvalue weighted by molar-refractivity contribution is -0.143. The maximum Gasteiger partial charge on any atom is 0.416 e. The van der Waals surface area contributed by atoms with Crippen molar-refractivity contribution in [2.75, 3.05) is 13.7 Å². The summed E-state index contributed by atoms with van der Waals surface area (Å²) in [5.74, 6) is -0.437. The predicted octanol–water partition coefficient (Wildman–Crippen LogP) is 4.15. The fourth-order valence-corrected chi connectivity index (χ4v) is 1.97. The van der Waals surface area contributed by atoms with Crippen molar-refractivity contribution in [1.29, 1.82) is 0 Å². The lowest BCUT2D eigenvalue weighted by Crippen LogP contribution is -2.12. The first kappa shape index (κ1) is 19.2. The van der Waals surface area contributed by atoms with Crippen LogP contribution in [0.25, 0.3) is 6.08 Å². The summed E-state index contributed by atoms with van der Waals surface area (Å²) in [7, 11) is 1.25. The van der Waals surface area contributed by atoms with Crippen molar-refractivity contribution in [1.82, 2.24) is 0 Å². The maximum atomic E-state index is 12.5. The standard InChI is InChI=1S/C19H15F3O4/c1-25-18(24)12-26-16-9-5-14(6-10-16)17(23)11-4-13-2-7-15(8-3-13)19(20,21)22/h2-11H,12H2,1H3. The minimum atomic E-state index is -4.39. The van der Waals surface area contributed by atoms with Gasteiger partial charge in [-0.3, -0.25) is 4.79 Å². The van der Waals surface area contributed by atoms with Gasteiger partial charge in [0.05, 0.1) is 12.7 Å². The molecule has 0 atom stereocenters. The zero-order chi connectivity index (χ0) is 19.2. The maximum absolute atomic E-state index is 12.5. The first-order valence-corrected chi connectivity index (χ1v) is 7.49. The summed E-state index contributed by atoms with van der Waals surface area (Å²) in [4.78, 5) is 23.1. The van der Waals surface area contributed by atoms with Gasteiger partial charge < -0.3 is 9.47 Å². The number of esters is 1. The Hall–Kier alpha value is -3.09. The molecule has 4 nitrogen and oxygen atoms in total. The van der Waals surface area contributed by atoms with Gasteiger partial charge in [-0.15, -0.1) is 0 Å². The molecule has 2 rings (SSSR count). The number of hydrogen-bond acceptors (Lipinski definition) is 4. The molecule has 7 heteroatoms. The van der Waals surface area contributed by atoms with E-state index in [0.717, 1.165) is 12.1 Å². The predicted molar refractivity (Wildman–Crippen MR) is 88.8 cm³/mol. The molecule has 0 heterocycles. The topological polar surface area (TPSA) is 52.6 Å². The number of methoxy groups -OCH3 is 1. The van der Waals surface area contributed by atoms with Crippen LogP contribution in [-0.2, 0) is 15.7 Å². The lowest BCUT2D eigenvalue weighted by Gasteiger charge is -2.06. The molecular weight excluding hydrogens is 349 g/mol. The van der Waals surface area contributed by atoms with Crippen LogP contribution in [0.5, 0.6) is 5.75 Å². The number of carbonyl (C=O) groups is 2. The van der Waals surface area contributed by atoms with Gasteiger partial charge in [0, 0.05) is 5.56 Å². The van der Waals surface area contributed by atoms with Crippen LogP contribution in [0.15, 0.2) is 54.6 Å². The average molecular weight is 364 g/mol. The van der Waals surface area contributed by atoms with Crippen LogP contribution in [0.3, 0.4) is 0 Å². The molecule has 0 aliphatic rings.